The molecule has 0 radical (unpaired) electrons. The van der Waals surface area contributed by atoms with Crippen LogP contribution in [0.4, 0.5) is 0 Å². The molecule has 0 saturated carbocycles. The molecule has 0 atom stereocenters. The molecular formula is C20H17O-. The first-order valence-corrected chi connectivity index (χ1v) is 7.08. The van der Waals surface area contributed by atoms with E-state index in [9.17, 15) is 0 Å². The van der Waals surface area contributed by atoms with E-state index in [2.05, 4.69) is 48.9 Å². The lowest BCUT2D eigenvalue weighted by Gasteiger charge is -2.12. The Balaban J connectivity index is 1.85. The Hall–Kier alpha value is -2.67. The first-order valence-electron chi connectivity index (χ1n) is 7.08. The molecule has 1 heteroatoms. The highest BCUT2D eigenvalue weighted by Gasteiger charge is 2.01. The van der Waals surface area contributed by atoms with Crippen molar-refractivity contribution in [2.45, 2.75) is 6.42 Å². The molecule has 0 fully saturated rings. The summed E-state index contributed by atoms with van der Waals surface area (Å²) in [4.78, 5) is 0. The zero-order chi connectivity index (χ0) is 14.3. The van der Waals surface area contributed by atoms with E-state index in [0.717, 1.165) is 12.2 Å². The maximum absolute atomic E-state index is 5.48. The summed E-state index contributed by atoms with van der Waals surface area (Å²) in [5, 5.41) is 0. The summed E-state index contributed by atoms with van der Waals surface area (Å²) in [7, 11) is 0. The Morgan fingerprint density at radius 1 is 0.857 bits per heavy atom. The highest BCUT2D eigenvalue weighted by atomic mass is 16.3. The average Bonchev–Trinajstić information content (AvgIpc) is 3.06. The van der Waals surface area contributed by atoms with Crippen molar-refractivity contribution in [3.05, 3.63) is 108 Å². The van der Waals surface area contributed by atoms with E-state index < -0.39 is 0 Å². The highest BCUT2D eigenvalue weighted by molar-refractivity contribution is 5.68. The van der Waals surface area contributed by atoms with Gasteiger partial charge in [0.1, 0.15) is 0 Å². The lowest BCUT2D eigenvalue weighted by Crippen LogP contribution is -1.90. The fraction of sp³-hybridized carbons (Fsp3) is 0.0500. The molecule has 2 aromatic carbocycles. The van der Waals surface area contributed by atoms with Crippen LogP contribution in [-0.2, 0) is 6.42 Å². The molecular weight excluding hydrogens is 256 g/mol. The molecule has 1 heterocycles. The summed E-state index contributed by atoms with van der Waals surface area (Å²) in [5.41, 5.74) is 3.67. The fourth-order valence-electron chi connectivity index (χ4n) is 2.27. The van der Waals surface area contributed by atoms with Crippen molar-refractivity contribution in [3.63, 3.8) is 0 Å². The standard InChI is InChI=1S/C20H17O/c1-3-8-17(9-4-1)13-14-19(16-20-12-7-15-21-20)18-10-5-2-6-11-18/h1-15H,16H2/q-1/b19-14-. The van der Waals surface area contributed by atoms with E-state index in [-0.39, 0.29) is 0 Å². The minimum atomic E-state index is 0.792. The third kappa shape index (κ3) is 3.67. The van der Waals surface area contributed by atoms with Gasteiger partial charge in [-0.05, 0) is 18.6 Å². The van der Waals surface area contributed by atoms with E-state index >= 15 is 0 Å². The number of rotatable bonds is 5. The Morgan fingerprint density at radius 3 is 2.24 bits per heavy atom. The summed E-state index contributed by atoms with van der Waals surface area (Å²) in [6.45, 7) is 0. The predicted molar refractivity (Wildman–Crippen MR) is 86.7 cm³/mol. The minimum absolute atomic E-state index is 0.792. The van der Waals surface area contributed by atoms with Gasteiger partial charge in [-0.1, -0.05) is 42.0 Å². The second-order valence-electron chi connectivity index (χ2n) is 4.89. The van der Waals surface area contributed by atoms with E-state index in [4.69, 9.17) is 4.42 Å². The van der Waals surface area contributed by atoms with Crippen LogP contribution in [-0.4, -0.2) is 0 Å². The van der Waals surface area contributed by atoms with Crippen molar-refractivity contribution in [1.82, 2.24) is 0 Å². The molecule has 0 spiro atoms. The zero-order valence-corrected chi connectivity index (χ0v) is 11.8. The molecule has 21 heavy (non-hydrogen) atoms. The van der Waals surface area contributed by atoms with Gasteiger partial charge in [-0.2, -0.15) is 0 Å². The van der Waals surface area contributed by atoms with Gasteiger partial charge >= 0.3 is 0 Å². The summed E-state index contributed by atoms with van der Waals surface area (Å²) in [5.74, 6) is 0.978. The molecule has 0 N–H and O–H groups in total. The number of furan rings is 1. The van der Waals surface area contributed by atoms with E-state index in [1.807, 2.05) is 36.4 Å². The van der Waals surface area contributed by atoms with Crippen molar-refractivity contribution < 1.29 is 4.42 Å². The van der Waals surface area contributed by atoms with Crippen LogP contribution in [0.25, 0.3) is 5.57 Å². The van der Waals surface area contributed by atoms with Gasteiger partial charge in [0, 0.05) is 0 Å². The van der Waals surface area contributed by atoms with Crippen LogP contribution in [0.2, 0.25) is 0 Å². The van der Waals surface area contributed by atoms with Gasteiger partial charge in [0.15, 0.2) is 0 Å². The lowest BCUT2D eigenvalue weighted by atomic mass is 9.99. The SMILES string of the molecule is C(/[CH-]c1ccccc1)=C(\Cc1ccco1)c1ccccc1. The molecule has 0 aliphatic heterocycles. The van der Waals surface area contributed by atoms with Crippen molar-refractivity contribution in [1.29, 1.82) is 0 Å². The fourth-order valence-corrected chi connectivity index (χ4v) is 2.27. The minimum Gasteiger partial charge on any atom is -0.470 e. The maximum Gasteiger partial charge on any atom is 0.0990 e. The van der Waals surface area contributed by atoms with Crippen molar-refractivity contribution in [2.24, 2.45) is 0 Å². The third-order valence-corrected chi connectivity index (χ3v) is 3.37. The largest absolute Gasteiger partial charge is 0.470 e. The number of hydrogen-bond acceptors (Lipinski definition) is 1. The number of allylic oxidation sites excluding steroid dienone is 2. The molecule has 1 nitrogen and oxygen atoms in total. The average molecular weight is 273 g/mol. The molecule has 0 aliphatic rings. The molecule has 3 aromatic rings. The van der Waals surface area contributed by atoms with Crippen LogP contribution >= 0.6 is 0 Å². The Morgan fingerprint density at radius 2 is 1.57 bits per heavy atom. The van der Waals surface area contributed by atoms with Gasteiger partial charge in [0.2, 0.25) is 0 Å². The summed E-state index contributed by atoms with van der Waals surface area (Å²) in [6.07, 6.45) is 6.83. The Labute approximate surface area is 125 Å². The zero-order valence-electron chi connectivity index (χ0n) is 11.8. The highest BCUT2D eigenvalue weighted by Crippen LogP contribution is 2.21. The topological polar surface area (TPSA) is 13.1 Å². The van der Waals surface area contributed by atoms with Gasteiger partial charge in [0.05, 0.1) is 12.0 Å². The Kier molecular flexibility index (Phi) is 4.23. The normalized spacial score (nSPS) is 11.3. The van der Waals surface area contributed by atoms with E-state index in [1.165, 1.54) is 16.7 Å². The van der Waals surface area contributed by atoms with Crippen LogP contribution in [0.3, 0.4) is 0 Å². The van der Waals surface area contributed by atoms with Crippen LogP contribution in [0, 0.1) is 6.42 Å². The van der Waals surface area contributed by atoms with E-state index in [0.29, 0.717) is 0 Å². The molecule has 0 unspecified atom stereocenters. The van der Waals surface area contributed by atoms with Gasteiger partial charge in [0.25, 0.3) is 0 Å². The van der Waals surface area contributed by atoms with Gasteiger partial charge in [-0.25, -0.2) is 0 Å². The summed E-state index contributed by atoms with van der Waals surface area (Å²) < 4.78 is 5.48. The van der Waals surface area contributed by atoms with Gasteiger partial charge < -0.3 is 4.42 Å². The van der Waals surface area contributed by atoms with E-state index in [1.54, 1.807) is 6.26 Å². The molecule has 0 bridgehead atoms. The van der Waals surface area contributed by atoms with Crippen LogP contribution in [0.5, 0.6) is 0 Å². The smallest absolute Gasteiger partial charge is 0.0990 e. The predicted octanol–water partition coefficient (Wildman–Crippen LogP) is 5.16. The molecule has 1 aromatic heterocycles. The van der Waals surface area contributed by atoms with Gasteiger partial charge in [-0.15, -0.1) is 47.9 Å². The second-order valence-corrected chi connectivity index (χ2v) is 4.89. The maximum atomic E-state index is 5.48. The second kappa shape index (κ2) is 6.67. The summed E-state index contributed by atoms with van der Waals surface area (Å²) in [6, 6.07) is 24.7. The van der Waals surface area contributed by atoms with Crippen LogP contribution in [0.1, 0.15) is 16.9 Å². The molecule has 104 valence electrons. The molecule has 0 aliphatic carbocycles. The first kappa shape index (κ1) is 13.3. The first-order chi connectivity index (χ1) is 10.4. The van der Waals surface area contributed by atoms with Crippen LogP contribution in [0.15, 0.2) is 89.6 Å². The molecule has 0 amide bonds. The monoisotopic (exact) mass is 273 g/mol. The number of hydrogen-bond donors (Lipinski definition) is 0. The van der Waals surface area contributed by atoms with Crippen molar-refractivity contribution in [2.75, 3.05) is 0 Å². The Bertz CT molecular complexity index is 679. The quantitative estimate of drug-likeness (QED) is 0.585. The van der Waals surface area contributed by atoms with Crippen molar-refractivity contribution >= 4 is 5.57 Å². The van der Waals surface area contributed by atoms with Gasteiger partial charge in [-0.3, -0.25) is 0 Å². The molecule has 0 saturated heterocycles. The number of benzene rings is 2. The lowest BCUT2D eigenvalue weighted by molar-refractivity contribution is 0.524. The summed E-state index contributed by atoms with van der Waals surface area (Å²) >= 11 is 0. The van der Waals surface area contributed by atoms with Crippen LogP contribution < -0.4 is 0 Å². The van der Waals surface area contributed by atoms with Crippen molar-refractivity contribution in [3.8, 4) is 0 Å². The molecule has 3 rings (SSSR count). The third-order valence-electron chi connectivity index (χ3n) is 3.37.